The first-order valence-electron chi connectivity index (χ1n) is 5.80. The van der Waals surface area contributed by atoms with Crippen LogP contribution in [-0.4, -0.2) is 30.7 Å². The maximum absolute atomic E-state index is 13.4. The van der Waals surface area contributed by atoms with E-state index in [1.54, 1.807) is 0 Å². The molecule has 2 N–H and O–H groups in total. The Kier molecular flexibility index (Phi) is 3.94. The van der Waals surface area contributed by atoms with Gasteiger partial charge in [0.05, 0.1) is 6.10 Å². The van der Waals surface area contributed by atoms with Gasteiger partial charge in [-0.2, -0.15) is 0 Å². The van der Waals surface area contributed by atoms with E-state index in [2.05, 4.69) is 9.71 Å². The number of hydrogen-bond donors (Lipinski definition) is 2. The lowest BCUT2D eigenvalue weighted by Gasteiger charge is -2.26. The topological polar surface area (TPSA) is 79.3 Å². The van der Waals surface area contributed by atoms with E-state index in [0.717, 1.165) is 12.5 Å². The maximum atomic E-state index is 13.4. The van der Waals surface area contributed by atoms with Gasteiger partial charge in [-0.15, -0.1) is 0 Å². The zero-order valence-corrected chi connectivity index (χ0v) is 10.5. The van der Waals surface area contributed by atoms with Crippen LogP contribution in [0.4, 0.5) is 4.39 Å². The van der Waals surface area contributed by atoms with E-state index >= 15 is 0 Å². The Morgan fingerprint density at radius 3 is 2.89 bits per heavy atom. The first-order chi connectivity index (χ1) is 8.49. The van der Waals surface area contributed by atoms with Crippen molar-refractivity contribution < 1.29 is 17.9 Å². The van der Waals surface area contributed by atoms with Crippen molar-refractivity contribution in [2.45, 2.75) is 42.9 Å². The molecule has 2 rings (SSSR count). The lowest BCUT2D eigenvalue weighted by molar-refractivity contribution is 0.117. The van der Waals surface area contributed by atoms with Crippen molar-refractivity contribution in [3.05, 3.63) is 24.1 Å². The lowest BCUT2D eigenvalue weighted by Crippen LogP contribution is -2.40. The number of rotatable bonds is 3. The van der Waals surface area contributed by atoms with Crippen molar-refractivity contribution in [1.82, 2.24) is 9.71 Å². The van der Waals surface area contributed by atoms with Gasteiger partial charge in [0, 0.05) is 12.2 Å². The summed E-state index contributed by atoms with van der Waals surface area (Å²) >= 11 is 0. The number of aromatic nitrogens is 1. The van der Waals surface area contributed by atoms with Crippen LogP contribution in [-0.2, 0) is 10.0 Å². The van der Waals surface area contributed by atoms with Crippen LogP contribution in [0.3, 0.4) is 0 Å². The number of pyridine rings is 1. The number of nitrogens with one attached hydrogen (secondary N) is 1. The molecule has 1 heterocycles. The van der Waals surface area contributed by atoms with Gasteiger partial charge in [0.25, 0.3) is 10.0 Å². The van der Waals surface area contributed by atoms with Crippen molar-refractivity contribution in [2.75, 3.05) is 0 Å². The van der Waals surface area contributed by atoms with E-state index in [-0.39, 0.29) is 6.04 Å². The molecule has 0 aliphatic heterocycles. The van der Waals surface area contributed by atoms with E-state index in [1.807, 2.05) is 0 Å². The molecule has 0 amide bonds. The minimum atomic E-state index is -3.96. The van der Waals surface area contributed by atoms with Gasteiger partial charge in [-0.25, -0.2) is 22.5 Å². The smallest absolute Gasteiger partial charge is 0.261 e. The van der Waals surface area contributed by atoms with Crippen LogP contribution in [0.5, 0.6) is 0 Å². The van der Waals surface area contributed by atoms with E-state index in [0.29, 0.717) is 19.3 Å². The average molecular weight is 274 g/mol. The molecule has 1 saturated carbocycles. The molecule has 1 aliphatic carbocycles. The summed E-state index contributed by atoms with van der Waals surface area (Å²) < 4.78 is 39.6. The maximum Gasteiger partial charge on any atom is 0.261 e. The molecule has 100 valence electrons. The zero-order chi connectivity index (χ0) is 13.2. The van der Waals surface area contributed by atoms with Gasteiger partial charge in [-0.3, -0.25) is 0 Å². The van der Waals surface area contributed by atoms with Crippen LogP contribution in [0.2, 0.25) is 0 Å². The molecule has 1 aromatic heterocycles. The number of aliphatic hydroxyl groups is 1. The van der Waals surface area contributed by atoms with Crippen LogP contribution < -0.4 is 4.72 Å². The van der Waals surface area contributed by atoms with Crippen LogP contribution in [0.25, 0.3) is 0 Å². The molecule has 18 heavy (non-hydrogen) atoms. The summed E-state index contributed by atoms with van der Waals surface area (Å²) in [6, 6.07) is 2.02. The highest BCUT2D eigenvalue weighted by Gasteiger charge is 2.27. The fourth-order valence-corrected chi connectivity index (χ4v) is 3.40. The third kappa shape index (κ3) is 3.04. The summed E-state index contributed by atoms with van der Waals surface area (Å²) in [5.74, 6) is -0.874. The van der Waals surface area contributed by atoms with Gasteiger partial charge >= 0.3 is 0 Å². The van der Waals surface area contributed by atoms with E-state index < -0.39 is 27.0 Å². The first-order valence-corrected chi connectivity index (χ1v) is 7.28. The van der Waals surface area contributed by atoms with Crippen molar-refractivity contribution in [3.8, 4) is 0 Å². The van der Waals surface area contributed by atoms with Crippen molar-refractivity contribution in [2.24, 2.45) is 0 Å². The second-order valence-corrected chi connectivity index (χ2v) is 6.06. The van der Waals surface area contributed by atoms with Crippen LogP contribution in [0.1, 0.15) is 25.7 Å². The molecule has 0 saturated heterocycles. The fraction of sp³-hybridized carbons (Fsp3) is 0.545. The minimum Gasteiger partial charge on any atom is -0.393 e. The molecule has 2 unspecified atom stereocenters. The highest BCUT2D eigenvalue weighted by atomic mass is 32.2. The summed E-state index contributed by atoms with van der Waals surface area (Å²) in [7, 11) is -3.96. The van der Waals surface area contributed by atoms with Gasteiger partial charge in [-0.1, -0.05) is 0 Å². The molecule has 5 nitrogen and oxygen atoms in total. The second-order valence-electron chi connectivity index (χ2n) is 4.43. The molecule has 0 spiro atoms. The van der Waals surface area contributed by atoms with Crippen LogP contribution in [0, 0.1) is 5.82 Å². The normalized spacial score (nSPS) is 25.0. The minimum absolute atomic E-state index is 0.355. The molecule has 2 atom stereocenters. The third-order valence-electron chi connectivity index (χ3n) is 2.95. The van der Waals surface area contributed by atoms with Gasteiger partial charge in [-0.05, 0) is 37.8 Å². The van der Waals surface area contributed by atoms with Gasteiger partial charge in [0.1, 0.15) is 0 Å². The molecule has 1 aromatic rings. The van der Waals surface area contributed by atoms with E-state index in [9.17, 15) is 17.9 Å². The van der Waals surface area contributed by atoms with Crippen LogP contribution in [0.15, 0.2) is 23.4 Å². The molecule has 1 aliphatic rings. The fourth-order valence-electron chi connectivity index (χ4n) is 2.12. The Morgan fingerprint density at radius 2 is 2.22 bits per heavy atom. The van der Waals surface area contributed by atoms with Crippen molar-refractivity contribution >= 4 is 10.0 Å². The SMILES string of the molecule is O=S(=O)(NC1CCCC(O)C1)c1ncccc1F. The molecule has 1 fully saturated rings. The average Bonchev–Trinajstić information content (AvgIpc) is 2.28. The summed E-state index contributed by atoms with van der Waals surface area (Å²) in [6.45, 7) is 0. The molecule has 7 heteroatoms. The Hall–Kier alpha value is -1.05. The predicted molar refractivity (Wildman–Crippen MR) is 62.8 cm³/mol. The van der Waals surface area contributed by atoms with Crippen LogP contribution >= 0.6 is 0 Å². The third-order valence-corrected chi connectivity index (χ3v) is 4.40. The monoisotopic (exact) mass is 274 g/mol. The van der Waals surface area contributed by atoms with Gasteiger partial charge in [0.2, 0.25) is 5.03 Å². The molecule has 0 aromatic carbocycles. The Balaban J connectivity index is 2.15. The Morgan fingerprint density at radius 1 is 1.44 bits per heavy atom. The van der Waals surface area contributed by atoms with Crippen molar-refractivity contribution in [3.63, 3.8) is 0 Å². The highest BCUT2D eigenvalue weighted by Crippen LogP contribution is 2.20. The number of aliphatic hydroxyl groups excluding tert-OH is 1. The molecule has 0 radical (unpaired) electrons. The highest BCUT2D eigenvalue weighted by molar-refractivity contribution is 7.89. The Bertz CT molecular complexity index is 521. The number of hydrogen-bond acceptors (Lipinski definition) is 4. The standard InChI is InChI=1S/C11H15FN2O3S/c12-10-5-2-6-13-11(10)18(16,17)14-8-3-1-4-9(15)7-8/h2,5-6,8-9,14-15H,1,3-4,7H2. The number of sulfonamides is 1. The van der Waals surface area contributed by atoms with Crippen molar-refractivity contribution in [1.29, 1.82) is 0 Å². The van der Waals surface area contributed by atoms with Gasteiger partial charge < -0.3 is 5.11 Å². The number of halogens is 1. The molecular weight excluding hydrogens is 259 g/mol. The quantitative estimate of drug-likeness (QED) is 0.854. The second kappa shape index (κ2) is 5.29. The largest absolute Gasteiger partial charge is 0.393 e. The summed E-state index contributed by atoms with van der Waals surface area (Å²) in [6.07, 6.45) is 3.15. The first kappa shape index (κ1) is 13.4. The lowest BCUT2D eigenvalue weighted by atomic mass is 9.94. The summed E-state index contributed by atoms with van der Waals surface area (Å²) in [5.41, 5.74) is 0. The predicted octanol–water partition coefficient (Wildman–Crippen LogP) is 0.802. The zero-order valence-electron chi connectivity index (χ0n) is 9.71. The number of nitrogens with zero attached hydrogens (tertiary/aromatic N) is 1. The summed E-state index contributed by atoms with van der Waals surface area (Å²) in [4.78, 5) is 3.55. The van der Waals surface area contributed by atoms with Gasteiger partial charge in [0.15, 0.2) is 5.82 Å². The Labute approximate surface area is 105 Å². The van der Waals surface area contributed by atoms with E-state index in [4.69, 9.17) is 0 Å². The molecular formula is C11H15FN2O3S. The molecule has 0 bridgehead atoms. The summed E-state index contributed by atoms with van der Waals surface area (Å²) in [5, 5.41) is 8.88. The van der Waals surface area contributed by atoms with E-state index in [1.165, 1.54) is 12.3 Å².